The summed E-state index contributed by atoms with van der Waals surface area (Å²) < 4.78 is 11.1. The number of ether oxygens (including phenoxy) is 2. The van der Waals surface area contributed by atoms with Crippen molar-refractivity contribution in [1.29, 1.82) is 0 Å². The van der Waals surface area contributed by atoms with Crippen molar-refractivity contribution in [3.63, 3.8) is 0 Å². The Morgan fingerprint density at radius 3 is 2.44 bits per heavy atom. The second kappa shape index (κ2) is 6.67. The van der Waals surface area contributed by atoms with Crippen LogP contribution >= 0.6 is 0 Å². The first-order valence-electron chi connectivity index (χ1n) is 8.71. The Labute approximate surface area is 147 Å². The van der Waals surface area contributed by atoms with Gasteiger partial charge in [-0.25, -0.2) is 0 Å². The maximum absolute atomic E-state index is 12.8. The Morgan fingerprint density at radius 2 is 1.68 bits per heavy atom. The van der Waals surface area contributed by atoms with Crippen molar-refractivity contribution in [1.82, 2.24) is 4.90 Å². The summed E-state index contributed by atoms with van der Waals surface area (Å²) in [6.45, 7) is 6.33. The maximum atomic E-state index is 12.8. The molecule has 2 aromatic rings. The van der Waals surface area contributed by atoms with Gasteiger partial charge in [-0.1, -0.05) is 12.1 Å². The zero-order valence-corrected chi connectivity index (χ0v) is 14.4. The highest BCUT2D eigenvalue weighted by Crippen LogP contribution is 2.31. The van der Waals surface area contributed by atoms with Crippen molar-refractivity contribution in [2.75, 3.05) is 44.3 Å². The van der Waals surface area contributed by atoms with E-state index in [1.54, 1.807) is 6.07 Å². The summed E-state index contributed by atoms with van der Waals surface area (Å²) in [5.74, 6) is 1.43. The average molecular weight is 338 g/mol. The zero-order valence-electron chi connectivity index (χ0n) is 14.4. The highest BCUT2D eigenvalue weighted by Gasteiger charge is 2.24. The van der Waals surface area contributed by atoms with E-state index in [-0.39, 0.29) is 5.91 Å². The molecule has 130 valence electrons. The lowest BCUT2D eigenvalue weighted by Crippen LogP contribution is -2.48. The van der Waals surface area contributed by atoms with Gasteiger partial charge in [0.15, 0.2) is 11.5 Å². The zero-order chi connectivity index (χ0) is 17.2. The van der Waals surface area contributed by atoms with Gasteiger partial charge >= 0.3 is 0 Å². The minimum Gasteiger partial charge on any atom is -0.486 e. The summed E-state index contributed by atoms with van der Waals surface area (Å²) in [5.41, 5.74) is 3.15. The summed E-state index contributed by atoms with van der Waals surface area (Å²) in [6, 6.07) is 13.9. The third-order valence-corrected chi connectivity index (χ3v) is 4.72. The first-order chi connectivity index (χ1) is 12.2. The molecular formula is C20H22N2O3. The van der Waals surface area contributed by atoms with Gasteiger partial charge in [0.25, 0.3) is 5.91 Å². The van der Waals surface area contributed by atoms with E-state index in [1.165, 1.54) is 11.3 Å². The van der Waals surface area contributed by atoms with Gasteiger partial charge in [0.05, 0.1) is 0 Å². The third-order valence-electron chi connectivity index (χ3n) is 4.72. The summed E-state index contributed by atoms with van der Waals surface area (Å²) in [4.78, 5) is 17.0. The Morgan fingerprint density at radius 1 is 0.920 bits per heavy atom. The molecule has 0 radical (unpaired) electrons. The van der Waals surface area contributed by atoms with Crippen LogP contribution in [0.15, 0.2) is 42.5 Å². The minimum absolute atomic E-state index is 0.0564. The fourth-order valence-corrected chi connectivity index (χ4v) is 3.35. The number of hydrogen-bond donors (Lipinski definition) is 0. The number of rotatable bonds is 2. The lowest BCUT2D eigenvalue weighted by atomic mass is 10.1. The monoisotopic (exact) mass is 338 g/mol. The Bertz CT molecular complexity index is 782. The first kappa shape index (κ1) is 15.8. The number of hydrogen-bond acceptors (Lipinski definition) is 4. The molecule has 25 heavy (non-hydrogen) atoms. The maximum Gasteiger partial charge on any atom is 0.254 e. The Kier molecular flexibility index (Phi) is 4.22. The third kappa shape index (κ3) is 3.27. The van der Waals surface area contributed by atoms with Crippen LogP contribution in [0.5, 0.6) is 11.5 Å². The van der Waals surface area contributed by atoms with Crippen molar-refractivity contribution < 1.29 is 14.3 Å². The number of fused-ring (bicyclic) bond motifs is 1. The molecule has 2 aliphatic heterocycles. The Hall–Kier alpha value is -2.69. The molecule has 1 fully saturated rings. The van der Waals surface area contributed by atoms with Gasteiger partial charge in [-0.05, 0) is 42.8 Å². The minimum atomic E-state index is 0.0564. The molecule has 0 saturated carbocycles. The fraction of sp³-hybridized carbons (Fsp3) is 0.350. The van der Waals surface area contributed by atoms with Crippen molar-refractivity contribution >= 4 is 11.6 Å². The van der Waals surface area contributed by atoms with E-state index in [9.17, 15) is 4.79 Å². The van der Waals surface area contributed by atoms with Crippen LogP contribution in [-0.2, 0) is 0 Å². The van der Waals surface area contributed by atoms with Crippen LogP contribution in [0.3, 0.4) is 0 Å². The van der Waals surface area contributed by atoms with Crippen LogP contribution in [0.25, 0.3) is 0 Å². The molecule has 2 aliphatic rings. The number of anilines is 1. The molecule has 0 aromatic heterocycles. The average Bonchev–Trinajstić information content (AvgIpc) is 2.67. The van der Waals surface area contributed by atoms with Gasteiger partial charge in [0.2, 0.25) is 0 Å². The van der Waals surface area contributed by atoms with Gasteiger partial charge < -0.3 is 19.3 Å². The fourth-order valence-electron chi connectivity index (χ4n) is 3.35. The van der Waals surface area contributed by atoms with Gasteiger partial charge in [-0.2, -0.15) is 0 Å². The molecule has 1 saturated heterocycles. The van der Waals surface area contributed by atoms with E-state index in [4.69, 9.17) is 9.47 Å². The SMILES string of the molecule is Cc1cccc(N2CCN(C(=O)c3ccc4c(c3)OCCO4)CC2)c1. The summed E-state index contributed by atoms with van der Waals surface area (Å²) in [7, 11) is 0. The predicted molar refractivity (Wildman–Crippen MR) is 96.7 cm³/mol. The lowest BCUT2D eigenvalue weighted by Gasteiger charge is -2.36. The van der Waals surface area contributed by atoms with Crippen molar-refractivity contribution in [2.24, 2.45) is 0 Å². The summed E-state index contributed by atoms with van der Waals surface area (Å²) >= 11 is 0. The molecule has 0 aliphatic carbocycles. The van der Waals surface area contributed by atoms with Crippen LogP contribution in [0.2, 0.25) is 0 Å². The summed E-state index contributed by atoms with van der Waals surface area (Å²) in [5, 5.41) is 0. The second-order valence-electron chi connectivity index (χ2n) is 6.48. The molecule has 5 heteroatoms. The molecule has 0 bridgehead atoms. The molecule has 0 spiro atoms. The van der Waals surface area contributed by atoms with Crippen LogP contribution in [0.1, 0.15) is 15.9 Å². The van der Waals surface area contributed by atoms with E-state index in [0.29, 0.717) is 30.3 Å². The van der Waals surface area contributed by atoms with E-state index in [2.05, 4.69) is 36.1 Å². The van der Waals surface area contributed by atoms with Crippen LogP contribution < -0.4 is 14.4 Å². The number of amides is 1. The number of carbonyl (C=O) groups excluding carboxylic acids is 1. The molecule has 2 aromatic carbocycles. The summed E-state index contributed by atoms with van der Waals surface area (Å²) in [6.07, 6.45) is 0. The number of carbonyl (C=O) groups is 1. The van der Waals surface area contributed by atoms with Gasteiger partial charge in [-0.15, -0.1) is 0 Å². The normalized spacial score (nSPS) is 16.7. The van der Waals surface area contributed by atoms with Gasteiger partial charge in [-0.3, -0.25) is 4.79 Å². The van der Waals surface area contributed by atoms with Crippen molar-refractivity contribution in [2.45, 2.75) is 6.92 Å². The van der Waals surface area contributed by atoms with Gasteiger partial charge in [0.1, 0.15) is 13.2 Å². The molecule has 1 amide bonds. The molecule has 2 heterocycles. The van der Waals surface area contributed by atoms with Crippen LogP contribution in [-0.4, -0.2) is 50.2 Å². The molecule has 0 atom stereocenters. The number of aryl methyl sites for hydroxylation is 1. The van der Waals surface area contributed by atoms with Crippen LogP contribution in [0, 0.1) is 6.92 Å². The van der Waals surface area contributed by atoms with E-state index < -0.39 is 0 Å². The standard InChI is InChI=1S/C20H22N2O3/c1-15-3-2-4-17(13-15)21-7-9-22(10-8-21)20(23)16-5-6-18-19(14-16)25-12-11-24-18/h2-6,13-14H,7-12H2,1H3. The van der Waals surface area contributed by atoms with E-state index >= 15 is 0 Å². The number of benzene rings is 2. The molecule has 4 rings (SSSR count). The van der Waals surface area contributed by atoms with Crippen molar-refractivity contribution in [3.05, 3.63) is 53.6 Å². The number of nitrogens with zero attached hydrogens (tertiary/aromatic N) is 2. The second-order valence-corrected chi connectivity index (χ2v) is 6.48. The quantitative estimate of drug-likeness (QED) is 0.844. The van der Waals surface area contributed by atoms with Crippen molar-refractivity contribution in [3.8, 4) is 11.5 Å². The van der Waals surface area contributed by atoms with Crippen LogP contribution in [0.4, 0.5) is 5.69 Å². The predicted octanol–water partition coefficient (Wildman–Crippen LogP) is 2.73. The molecular weight excluding hydrogens is 316 g/mol. The molecule has 0 unspecified atom stereocenters. The van der Waals surface area contributed by atoms with E-state index in [0.717, 1.165) is 26.2 Å². The Balaban J connectivity index is 1.43. The molecule has 0 N–H and O–H groups in total. The van der Waals surface area contributed by atoms with E-state index in [1.807, 2.05) is 17.0 Å². The smallest absolute Gasteiger partial charge is 0.254 e. The topological polar surface area (TPSA) is 42.0 Å². The first-order valence-corrected chi connectivity index (χ1v) is 8.71. The highest BCUT2D eigenvalue weighted by atomic mass is 16.6. The lowest BCUT2D eigenvalue weighted by molar-refractivity contribution is 0.0745. The highest BCUT2D eigenvalue weighted by molar-refractivity contribution is 5.95. The molecule has 5 nitrogen and oxygen atoms in total. The largest absolute Gasteiger partial charge is 0.486 e. The van der Waals surface area contributed by atoms with Gasteiger partial charge in [0, 0.05) is 37.4 Å². The number of piperazine rings is 1.